The Hall–Kier alpha value is -2.35. The van der Waals surface area contributed by atoms with Crippen molar-refractivity contribution in [2.75, 3.05) is 0 Å². The number of hydrogen-bond acceptors (Lipinski definition) is 1. The summed E-state index contributed by atoms with van der Waals surface area (Å²) in [5.41, 5.74) is 3.89. The summed E-state index contributed by atoms with van der Waals surface area (Å²) in [5, 5.41) is 0. The van der Waals surface area contributed by atoms with Crippen LogP contribution in [-0.2, 0) is 19.4 Å². The van der Waals surface area contributed by atoms with Gasteiger partial charge in [0.15, 0.2) is 0 Å². The molecule has 0 unspecified atom stereocenters. The molecule has 1 heterocycles. The van der Waals surface area contributed by atoms with Gasteiger partial charge in [-0.15, -0.1) is 0 Å². The third-order valence-electron chi connectivity index (χ3n) is 8.10. The second-order valence-corrected chi connectivity index (χ2v) is 11.6. The Morgan fingerprint density at radius 3 is 1.54 bits per heavy atom. The lowest BCUT2D eigenvalue weighted by atomic mass is 10.0. The molecule has 0 amide bonds. The fraction of sp³-hybridized carbons (Fsp3) is 0.595. The van der Waals surface area contributed by atoms with Crippen molar-refractivity contribution in [3.63, 3.8) is 0 Å². The van der Waals surface area contributed by atoms with Crippen LogP contribution >= 0.6 is 0 Å². The van der Waals surface area contributed by atoms with Gasteiger partial charge in [-0.1, -0.05) is 170 Å². The number of imidazole rings is 1. The van der Waals surface area contributed by atoms with Gasteiger partial charge in [0, 0.05) is 18.3 Å². The molecule has 0 atom stereocenters. The number of nitrogens with zero attached hydrogens (tertiary/aromatic N) is 2. The van der Waals surface area contributed by atoms with Crippen LogP contribution < -0.4 is 0 Å². The minimum absolute atomic E-state index is 1.04. The molecule has 0 N–H and O–H groups in total. The first-order valence-corrected chi connectivity index (χ1v) is 16.5. The fourth-order valence-electron chi connectivity index (χ4n) is 5.70. The van der Waals surface area contributed by atoms with Crippen LogP contribution in [0.4, 0.5) is 0 Å². The van der Waals surface area contributed by atoms with E-state index in [1.165, 1.54) is 126 Å². The molecule has 0 aliphatic heterocycles. The largest absolute Gasteiger partial charge is 0.331 e. The highest BCUT2D eigenvalue weighted by atomic mass is 15.1. The van der Waals surface area contributed by atoms with Gasteiger partial charge in [-0.2, -0.15) is 0 Å². The molecular formula is C37H56N2. The number of hydrogen-bond donors (Lipinski definition) is 0. The van der Waals surface area contributed by atoms with E-state index in [0.717, 1.165) is 31.6 Å². The molecule has 0 bridgehead atoms. The Labute approximate surface area is 240 Å². The first-order valence-electron chi connectivity index (χ1n) is 16.5. The van der Waals surface area contributed by atoms with E-state index in [0.29, 0.717) is 0 Å². The zero-order valence-corrected chi connectivity index (χ0v) is 25.1. The number of rotatable bonds is 23. The third-order valence-corrected chi connectivity index (χ3v) is 8.10. The summed E-state index contributed by atoms with van der Waals surface area (Å²) in [7, 11) is 0. The lowest BCUT2D eigenvalue weighted by Crippen LogP contribution is -1.99. The SMILES string of the molecule is CCCCCCCCCCCCCCCCCCCn1cc(CCCc2ccccc2)nc1-c1ccccc1. The summed E-state index contributed by atoms with van der Waals surface area (Å²) >= 11 is 0. The molecule has 0 saturated heterocycles. The molecule has 39 heavy (non-hydrogen) atoms. The van der Waals surface area contributed by atoms with E-state index in [4.69, 9.17) is 4.98 Å². The maximum absolute atomic E-state index is 5.07. The lowest BCUT2D eigenvalue weighted by molar-refractivity contribution is 0.520. The first-order chi connectivity index (χ1) is 19.4. The molecule has 0 aliphatic carbocycles. The summed E-state index contributed by atoms with van der Waals surface area (Å²) in [6.07, 6.45) is 29.7. The van der Waals surface area contributed by atoms with E-state index < -0.39 is 0 Å². The van der Waals surface area contributed by atoms with E-state index in [9.17, 15) is 0 Å². The standard InChI is InChI=1S/C37H56N2/c1-2-3-4-5-6-7-8-9-10-11-12-13-14-15-16-17-24-32-39-33-36(31-25-28-34-26-20-18-21-27-34)38-37(39)35-29-22-19-23-30-35/h18-23,26-27,29-30,33H,2-17,24-25,28,31-32H2,1H3. The Kier molecular flexibility index (Phi) is 16.4. The summed E-state index contributed by atoms with van der Waals surface area (Å²) in [5.74, 6) is 1.14. The van der Waals surface area contributed by atoms with Gasteiger partial charge >= 0.3 is 0 Å². The smallest absolute Gasteiger partial charge is 0.140 e. The van der Waals surface area contributed by atoms with Crippen LogP contribution in [0.1, 0.15) is 134 Å². The van der Waals surface area contributed by atoms with Crippen LogP contribution in [0.25, 0.3) is 11.4 Å². The van der Waals surface area contributed by atoms with Crippen molar-refractivity contribution < 1.29 is 0 Å². The maximum atomic E-state index is 5.07. The summed E-state index contributed by atoms with van der Waals surface area (Å²) in [6, 6.07) is 21.6. The van der Waals surface area contributed by atoms with E-state index in [1.807, 2.05) is 0 Å². The number of unbranched alkanes of at least 4 members (excludes halogenated alkanes) is 16. The summed E-state index contributed by atoms with van der Waals surface area (Å²) < 4.78 is 2.42. The van der Waals surface area contributed by atoms with Crippen molar-refractivity contribution in [3.8, 4) is 11.4 Å². The molecule has 3 rings (SSSR count). The first kappa shape index (κ1) is 31.2. The van der Waals surface area contributed by atoms with Crippen LogP contribution in [0.2, 0.25) is 0 Å². The third kappa shape index (κ3) is 13.5. The predicted molar refractivity (Wildman–Crippen MR) is 170 cm³/mol. The van der Waals surface area contributed by atoms with Crippen LogP contribution in [0.5, 0.6) is 0 Å². The van der Waals surface area contributed by atoms with E-state index in [-0.39, 0.29) is 0 Å². The van der Waals surface area contributed by atoms with E-state index in [2.05, 4.69) is 78.4 Å². The fourth-order valence-corrected chi connectivity index (χ4v) is 5.70. The van der Waals surface area contributed by atoms with Gasteiger partial charge in [0.1, 0.15) is 5.82 Å². The van der Waals surface area contributed by atoms with Crippen molar-refractivity contribution in [1.82, 2.24) is 9.55 Å². The van der Waals surface area contributed by atoms with Crippen LogP contribution in [-0.4, -0.2) is 9.55 Å². The normalized spacial score (nSPS) is 11.3. The van der Waals surface area contributed by atoms with Crippen molar-refractivity contribution in [2.24, 2.45) is 0 Å². The molecule has 1 aromatic heterocycles. The zero-order chi connectivity index (χ0) is 27.2. The maximum Gasteiger partial charge on any atom is 0.140 e. The average Bonchev–Trinajstić information content (AvgIpc) is 3.38. The quantitative estimate of drug-likeness (QED) is 0.112. The molecule has 2 aromatic carbocycles. The molecular weight excluding hydrogens is 472 g/mol. The van der Waals surface area contributed by atoms with Crippen LogP contribution in [0, 0.1) is 0 Å². The van der Waals surface area contributed by atoms with Gasteiger partial charge in [0.05, 0.1) is 5.69 Å². The Balaban J connectivity index is 1.25. The summed E-state index contributed by atoms with van der Waals surface area (Å²) in [4.78, 5) is 5.07. The van der Waals surface area contributed by atoms with E-state index in [1.54, 1.807) is 0 Å². The van der Waals surface area contributed by atoms with Crippen molar-refractivity contribution in [3.05, 3.63) is 78.1 Å². The molecule has 2 heteroatoms. The Morgan fingerprint density at radius 2 is 1.00 bits per heavy atom. The molecule has 0 fully saturated rings. The Bertz CT molecular complexity index is 960. The minimum Gasteiger partial charge on any atom is -0.331 e. The highest BCUT2D eigenvalue weighted by molar-refractivity contribution is 5.55. The van der Waals surface area contributed by atoms with Crippen molar-refractivity contribution >= 4 is 0 Å². The van der Waals surface area contributed by atoms with E-state index >= 15 is 0 Å². The predicted octanol–water partition coefficient (Wildman–Crippen LogP) is 11.4. The topological polar surface area (TPSA) is 17.8 Å². The van der Waals surface area contributed by atoms with Gasteiger partial charge in [-0.3, -0.25) is 0 Å². The van der Waals surface area contributed by atoms with Crippen molar-refractivity contribution in [1.29, 1.82) is 0 Å². The molecule has 0 radical (unpaired) electrons. The second-order valence-electron chi connectivity index (χ2n) is 11.6. The Morgan fingerprint density at radius 1 is 0.513 bits per heavy atom. The van der Waals surface area contributed by atoms with Gasteiger partial charge in [0.25, 0.3) is 0 Å². The van der Waals surface area contributed by atoms with Crippen molar-refractivity contribution in [2.45, 2.75) is 142 Å². The second kappa shape index (κ2) is 20.5. The molecule has 2 nitrogen and oxygen atoms in total. The van der Waals surface area contributed by atoms with Gasteiger partial charge in [0.2, 0.25) is 0 Å². The molecule has 0 saturated carbocycles. The van der Waals surface area contributed by atoms with Gasteiger partial charge in [-0.05, 0) is 31.2 Å². The number of aromatic nitrogens is 2. The molecule has 3 aromatic rings. The van der Waals surface area contributed by atoms with Crippen LogP contribution in [0.15, 0.2) is 66.9 Å². The number of aryl methyl sites for hydroxylation is 3. The summed E-state index contributed by atoms with van der Waals surface area (Å²) in [6.45, 7) is 3.38. The minimum atomic E-state index is 1.04. The monoisotopic (exact) mass is 528 g/mol. The average molecular weight is 529 g/mol. The lowest BCUT2D eigenvalue weighted by Gasteiger charge is -2.08. The van der Waals surface area contributed by atoms with Gasteiger partial charge < -0.3 is 4.57 Å². The molecule has 0 spiro atoms. The highest BCUT2D eigenvalue weighted by Gasteiger charge is 2.10. The van der Waals surface area contributed by atoms with Crippen LogP contribution in [0.3, 0.4) is 0 Å². The zero-order valence-electron chi connectivity index (χ0n) is 25.1. The number of benzene rings is 2. The molecule has 0 aliphatic rings. The molecule has 214 valence electrons. The highest BCUT2D eigenvalue weighted by Crippen LogP contribution is 2.21. The van der Waals surface area contributed by atoms with Gasteiger partial charge in [-0.25, -0.2) is 4.98 Å².